The number of nitrogens with one attached hydrogen (secondary N) is 1. The monoisotopic (exact) mass is 380 g/mol. The van der Waals surface area contributed by atoms with Gasteiger partial charge in [-0.25, -0.2) is 14.1 Å². The van der Waals surface area contributed by atoms with Crippen molar-refractivity contribution in [1.29, 1.82) is 0 Å². The van der Waals surface area contributed by atoms with Crippen molar-refractivity contribution in [3.63, 3.8) is 0 Å². The second-order valence-corrected chi connectivity index (χ2v) is 5.95. The number of nitrogens with two attached hydrogens (primary N) is 1. The molecular formula is C18H16F4N4O. The van der Waals surface area contributed by atoms with Crippen molar-refractivity contribution in [3.8, 4) is 0 Å². The molecule has 27 heavy (non-hydrogen) atoms. The summed E-state index contributed by atoms with van der Waals surface area (Å²) in [5, 5.41) is -0.274. The predicted molar refractivity (Wildman–Crippen MR) is 93.6 cm³/mol. The third-order valence-corrected chi connectivity index (χ3v) is 4.07. The molecular weight excluding hydrogens is 364 g/mol. The van der Waals surface area contributed by atoms with Gasteiger partial charge in [-0.3, -0.25) is 10.2 Å². The molecule has 9 heteroatoms. The molecule has 2 aromatic carbocycles. The minimum atomic E-state index is -4.54. The Bertz CT molecular complexity index is 1050. The number of rotatable bonds is 4. The van der Waals surface area contributed by atoms with Crippen LogP contribution in [0, 0.1) is 5.82 Å². The molecule has 1 heterocycles. The van der Waals surface area contributed by atoms with Crippen LogP contribution in [0.25, 0.3) is 10.9 Å². The number of aromatic nitrogens is 2. The highest BCUT2D eigenvalue weighted by Gasteiger charge is 2.30. The van der Waals surface area contributed by atoms with Crippen molar-refractivity contribution in [3.05, 3.63) is 70.0 Å². The Morgan fingerprint density at radius 2 is 1.93 bits per heavy atom. The Morgan fingerprint density at radius 3 is 2.59 bits per heavy atom. The number of fused-ring (bicyclic) bond motifs is 1. The molecule has 3 N–H and O–H groups in total. The molecule has 0 aliphatic heterocycles. The van der Waals surface area contributed by atoms with Gasteiger partial charge in [0.15, 0.2) is 0 Å². The lowest BCUT2D eigenvalue weighted by Gasteiger charge is -2.19. The Kier molecular flexibility index (Phi) is 4.88. The Hall–Kier alpha value is -2.94. The zero-order valence-corrected chi connectivity index (χ0v) is 14.2. The van der Waals surface area contributed by atoms with Crippen LogP contribution >= 0.6 is 0 Å². The zero-order valence-electron chi connectivity index (χ0n) is 14.2. The number of benzene rings is 2. The SMILES string of the molecule is CC[C@H](N)c1nc2cccc(F)c2c(=O)n1Nc1cccc(C(F)(F)F)c1. The third-order valence-electron chi connectivity index (χ3n) is 4.07. The molecule has 142 valence electrons. The van der Waals surface area contributed by atoms with Gasteiger partial charge in [0.1, 0.15) is 17.0 Å². The summed E-state index contributed by atoms with van der Waals surface area (Å²) in [7, 11) is 0. The van der Waals surface area contributed by atoms with Crippen LogP contribution in [0.5, 0.6) is 0 Å². The van der Waals surface area contributed by atoms with E-state index in [1.54, 1.807) is 6.92 Å². The first-order chi connectivity index (χ1) is 12.7. The topological polar surface area (TPSA) is 72.9 Å². The largest absolute Gasteiger partial charge is 0.416 e. The van der Waals surface area contributed by atoms with Crippen LogP contribution in [0.3, 0.4) is 0 Å². The Morgan fingerprint density at radius 1 is 1.22 bits per heavy atom. The van der Waals surface area contributed by atoms with Gasteiger partial charge in [0.2, 0.25) is 0 Å². The second-order valence-electron chi connectivity index (χ2n) is 5.95. The van der Waals surface area contributed by atoms with Crippen molar-refractivity contribution in [2.75, 3.05) is 5.43 Å². The predicted octanol–water partition coefficient (Wildman–Crippen LogP) is 3.84. The normalized spacial score (nSPS) is 13.0. The molecule has 1 aromatic heterocycles. The van der Waals surface area contributed by atoms with E-state index in [2.05, 4.69) is 10.4 Å². The lowest BCUT2D eigenvalue weighted by molar-refractivity contribution is -0.137. The molecule has 0 amide bonds. The van der Waals surface area contributed by atoms with Crippen molar-refractivity contribution in [1.82, 2.24) is 9.66 Å². The number of hydrogen-bond donors (Lipinski definition) is 2. The molecule has 0 fully saturated rings. The van der Waals surface area contributed by atoms with Gasteiger partial charge in [0, 0.05) is 0 Å². The summed E-state index contributed by atoms with van der Waals surface area (Å²) in [6.07, 6.45) is -4.13. The fraction of sp³-hybridized carbons (Fsp3) is 0.222. The van der Waals surface area contributed by atoms with E-state index in [0.717, 1.165) is 22.9 Å². The van der Waals surface area contributed by atoms with E-state index in [1.165, 1.54) is 24.3 Å². The van der Waals surface area contributed by atoms with E-state index < -0.39 is 29.2 Å². The smallest absolute Gasteiger partial charge is 0.321 e. The number of alkyl halides is 3. The number of anilines is 1. The lowest BCUT2D eigenvalue weighted by Crippen LogP contribution is -2.34. The molecule has 0 aliphatic rings. The van der Waals surface area contributed by atoms with E-state index in [-0.39, 0.29) is 22.4 Å². The van der Waals surface area contributed by atoms with Crippen LogP contribution in [-0.4, -0.2) is 9.66 Å². The number of halogens is 4. The molecule has 0 bridgehead atoms. The second kappa shape index (κ2) is 6.99. The highest BCUT2D eigenvalue weighted by Crippen LogP contribution is 2.30. The number of nitrogens with zero attached hydrogens (tertiary/aromatic N) is 2. The van der Waals surface area contributed by atoms with E-state index in [9.17, 15) is 22.4 Å². The Labute approximate surface area is 151 Å². The first-order valence-corrected chi connectivity index (χ1v) is 8.13. The van der Waals surface area contributed by atoms with Gasteiger partial charge in [-0.15, -0.1) is 0 Å². The summed E-state index contributed by atoms with van der Waals surface area (Å²) in [5.41, 5.74) is 7.04. The van der Waals surface area contributed by atoms with E-state index in [4.69, 9.17) is 5.73 Å². The fourth-order valence-corrected chi connectivity index (χ4v) is 2.64. The highest BCUT2D eigenvalue weighted by atomic mass is 19.4. The molecule has 1 atom stereocenters. The average Bonchev–Trinajstić information content (AvgIpc) is 2.62. The van der Waals surface area contributed by atoms with Gasteiger partial charge in [0.05, 0.1) is 22.8 Å². The third kappa shape index (κ3) is 3.63. The van der Waals surface area contributed by atoms with Crippen LogP contribution < -0.4 is 16.7 Å². The minimum Gasteiger partial charge on any atom is -0.321 e. The molecule has 0 spiro atoms. The average molecular weight is 380 g/mol. The van der Waals surface area contributed by atoms with Crippen molar-refractivity contribution in [2.24, 2.45) is 5.73 Å². The van der Waals surface area contributed by atoms with Gasteiger partial charge in [-0.05, 0) is 36.8 Å². The standard InChI is InChI=1S/C18H16F4N4O/c1-2-13(23)16-24-14-8-4-7-12(19)15(14)17(27)26(16)25-11-6-3-5-10(9-11)18(20,21)22/h3-9,13,25H,2,23H2,1H3/t13-/m0/s1. The lowest BCUT2D eigenvalue weighted by atomic mass is 10.2. The van der Waals surface area contributed by atoms with Crippen LogP contribution in [0.15, 0.2) is 47.3 Å². The maximum atomic E-state index is 14.1. The van der Waals surface area contributed by atoms with Crippen molar-refractivity contribution < 1.29 is 17.6 Å². The van der Waals surface area contributed by atoms with E-state index in [0.29, 0.717) is 6.42 Å². The molecule has 0 radical (unpaired) electrons. The summed E-state index contributed by atoms with van der Waals surface area (Å²) in [6.45, 7) is 1.77. The quantitative estimate of drug-likeness (QED) is 0.675. The summed E-state index contributed by atoms with van der Waals surface area (Å²) < 4.78 is 53.8. The van der Waals surface area contributed by atoms with Gasteiger partial charge in [0.25, 0.3) is 5.56 Å². The molecule has 3 aromatic rings. The van der Waals surface area contributed by atoms with Gasteiger partial charge in [-0.2, -0.15) is 13.2 Å². The number of hydrogen-bond acceptors (Lipinski definition) is 4. The zero-order chi connectivity index (χ0) is 19.8. The first-order valence-electron chi connectivity index (χ1n) is 8.13. The van der Waals surface area contributed by atoms with E-state index >= 15 is 0 Å². The summed E-state index contributed by atoms with van der Waals surface area (Å²) in [5.74, 6) is -0.681. The first kappa shape index (κ1) is 18.8. The van der Waals surface area contributed by atoms with Crippen LogP contribution in [0.1, 0.15) is 30.8 Å². The minimum absolute atomic E-state index is 0.00559. The van der Waals surface area contributed by atoms with Gasteiger partial charge < -0.3 is 5.73 Å². The van der Waals surface area contributed by atoms with Gasteiger partial charge in [-0.1, -0.05) is 19.1 Å². The van der Waals surface area contributed by atoms with Crippen molar-refractivity contribution in [2.45, 2.75) is 25.6 Å². The Balaban J connectivity index is 2.20. The maximum Gasteiger partial charge on any atom is 0.416 e. The summed E-state index contributed by atoms with van der Waals surface area (Å²) >= 11 is 0. The van der Waals surface area contributed by atoms with Crippen molar-refractivity contribution >= 4 is 16.6 Å². The van der Waals surface area contributed by atoms with Crippen LogP contribution in [0.4, 0.5) is 23.2 Å². The van der Waals surface area contributed by atoms with E-state index in [1.807, 2.05) is 0 Å². The molecule has 0 saturated carbocycles. The molecule has 0 aliphatic carbocycles. The fourth-order valence-electron chi connectivity index (χ4n) is 2.64. The van der Waals surface area contributed by atoms with Gasteiger partial charge >= 0.3 is 6.18 Å². The maximum absolute atomic E-state index is 14.1. The molecule has 5 nitrogen and oxygen atoms in total. The molecule has 3 rings (SSSR count). The summed E-state index contributed by atoms with van der Waals surface area (Å²) in [6, 6.07) is 7.63. The molecule has 0 unspecified atom stereocenters. The summed E-state index contributed by atoms with van der Waals surface area (Å²) in [4.78, 5) is 17.1. The highest BCUT2D eigenvalue weighted by molar-refractivity contribution is 5.78. The van der Waals surface area contributed by atoms with Crippen LogP contribution in [-0.2, 0) is 6.18 Å². The van der Waals surface area contributed by atoms with Crippen LogP contribution in [0.2, 0.25) is 0 Å². The molecule has 0 saturated heterocycles.